The topological polar surface area (TPSA) is 16.1 Å². The van der Waals surface area contributed by atoms with Crippen molar-refractivity contribution < 1.29 is 0 Å². The van der Waals surface area contributed by atoms with Crippen LogP contribution in [0.4, 0.5) is 0 Å². The van der Waals surface area contributed by atoms with Gasteiger partial charge in [0.05, 0.1) is 5.01 Å². The van der Waals surface area contributed by atoms with Crippen LogP contribution in [0.1, 0.15) is 77.6 Å². The number of nitrogens with zero attached hydrogens (tertiary/aromatic N) is 2. The third-order valence-corrected chi connectivity index (χ3v) is 5.56. The number of aromatic nitrogens is 1. The van der Waals surface area contributed by atoms with Gasteiger partial charge in [-0.3, -0.25) is 0 Å². The normalized spacial score (nSPS) is 25.1. The quantitative estimate of drug-likeness (QED) is 0.723. The Balaban J connectivity index is 0.000000921. The van der Waals surface area contributed by atoms with Crippen molar-refractivity contribution in [1.29, 1.82) is 0 Å². The van der Waals surface area contributed by atoms with Gasteiger partial charge in [0.2, 0.25) is 0 Å². The Bertz CT molecular complexity index is 373. The molecule has 3 heteroatoms. The van der Waals surface area contributed by atoms with Crippen LogP contribution in [0.2, 0.25) is 0 Å². The van der Waals surface area contributed by atoms with Gasteiger partial charge in [0.1, 0.15) is 0 Å². The van der Waals surface area contributed by atoms with E-state index >= 15 is 0 Å². The molecule has 2 unspecified atom stereocenters. The number of hydrogen-bond acceptors (Lipinski definition) is 3. The summed E-state index contributed by atoms with van der Waals surface area (Å²) >= 11 is 1.90. The van der Waals surface area contributed by atoms with Crippen LogP contribution in [0.3, 0.4) is 0 Å². The van der Waals surface area contributed by atoms with Gasteiger partial charge in [-0.15, -0.1) is 11.3 Å². The summed E-state index contributed by atoms with van der Waals surface area (Å²) in [6.07, 6.45) is 4.54. The predicted octanol–water partition coefficient (Wildman–Crippen LogP) is 5.59. The molecule has 2 heterocycles. The fourth-order valence-corrected chi connectivity index (χ4v) is 3.72. The molecule has 1 aromatic rings. The minimum Gasteiger partial charge on any atom is -0.301 e. The van der Waals surface area contributed by atoms with E-state index in [2.05, 4.69) is 50.8 Å². The summed E-state index contributed by atoms with van der Waals surface area (Å²) in [5.74, 6) is 1.39. The number of hydrogen-bond donors (Lipinski definition) is 0. The average Bonchev–Trinajstić information content (AvgIpc) is 3.06. The molecular weight excluding hydrogens is 276 g/mol. The van der Waals surface area contributed by atoms with Crippen LogP contribution >= 0.6 is 11.3 Å². The van der Waals surface area contributed by atoms with Crippen LogP contribution in [-0.2, 0) is 6.42 Å². The Labute approximate surface area is 137 Å². The first-order valence-electron chi connectivity index (χ1n) is 8.65. The molecule has 0 N–H and O–H groups in total. The zero-order chi connectivity index (χ0) is 16.6. The van der Waals surface area contributed by atoms with Crippen LogP contribution in [-0.4, -0.2) is 29.0 Å². The summed E-state index contributed by atoms with van der Waals surface area (Å²) in [7, 11) is 2.25. The Morgan fingerprint density at radius 3 is 2.19 bits per heavy atom. The van der Waals surface area contributed by atoms with E-state index in [-0.39, 0.29) is 0 Å². The first-order valence-corrected chi connectivity index (χ1v) is 9.47. The van der Waals surface area contributed by atoms with Crippen LogP contribution in [0.15, 0.2) is 6.20 Å². The van der Waals surface area contributed by atoms with E-state index in [1.54, 1.807) is 0 Å². The first kappa shape index (κ1) is 20.6. The smallest absolute Gasteiger partial charge is 0.0931 e. The highest BCUT2D eigenvalue weighted by Gasteiger charge is 2.33. The molecule has 1 aliphatic heterocycles. The summed E-state index contributed by atoms with van der Waals surface area (Å²) in [5, 5.41) is 1.33. The minimum atomic E-state index is 0.615. The second kappa shape index (κ2) is 10.3. The van der Waals surface area contributed by atoms with E-state index in [1.807, 2.05) is 39.0 Å². The SMILES string of the molecule is CC.CC.CC(C)c1cnc(CC2CC(C)N(C)[C@@H]2C)s1. The maximum atomic E-state index is 4.59. The zero-order valence-electron chi connectivity index (χ0n) is 15.6. The number of rotatable bonds is 3. The van der Waals surface area contributed by atoms with Crippen LogP contribution in [0.5, 0.6) is 0 Å². The summed E-state index contributed by atoms with van der Waals surface area (Å²) in [5.41, 5.74) is 0. The van der Waals surface area contributed by atoms with Crippen molar-refractivity contribution in [1.82, 2.24) is 9.88 Å². The molecule has 1 aromatic heterocycles. The molecule has 0 radical (unpaired) electrons. The number of thiazole rings is 1. The van der Waals surface area contributed by atoms with Crippen molar-refractivity contribution in [2.45, 2.75) is 86.2 Å². The van der Waals surface area contributed by atoms with E-state index in [0.717, 1.165) is 18.4 Å². The van der Waals surface area contributed by atoms with Gasteiger partial charge in [-0.1, -0.05) is 41.5 Å². The maximum Gasteiger partial charge on any atom is 0.0931 e. The Kier molecular flexibility index (Phi) is 10.1. The molecular formula is C18H36N2S. The fraction of sp³-hybridized carbons (Fsp3) is 0.833. The highest BCUT2D eigenvalue weighted by Crippen LogP contribution is 2.32. The summed E-state index contributed by atoms with van der Waals surface area (Å²) < 4.78 is 0. The third-order valence-electron chi connectivity index (χ3n) is 4.24. The molecule has 1 aliphatic rings. The monoisotopic (exact) mass is 312 g/mol. The highest BCUT2D eigenvalue weighted by atomic mass is 32.1. The average molecular weight is 313 g/mol. The van der Waals surface area contributed by atoms with Gasteiger partial charge in [0.15, 0.2) is 0 Å². The molecule has 21 heavy (non-hydrogen) atoms. The van der Waals surface area contributed by atoms with E-state index < -0.39 is 0 Å². The van der Waals surface area contributed by atoms with E-state index in [0.29, 0.717) is 12.0 Å². The van der Waals surface area contributed by atoms with E-state index in [9.17, 15) is 0 Å². The van der Waals surface area contributed by atoms with Gasteiger partial charge in [0.25, 0.3) is 0 Å². The Morgan fingerprint density at radius 2 is 1.81 bits per heavy atom. The van der Waals surface area contributed by atoms with Crippen LogP contribution in [0.25, 0.3) is 0 Å². The van der Waals surface area contributed by atoms with Crippen molar-refractivity contribution in [2.24, 2.45) is 5.92 Å². The van der Waals surface area contributed by atoms with Crippen LogP contribution in [0, 0.1) is 5.92 Å². The second-order valence-electron chi connectivity index (χ2n) is 5.77. The van der Waals surface area contributed by atoms with Crippen molar-refractivity contribution in [3.8, 4) is 0 Å². The highest BCUT2D eigenvalue weighted by molar-refractivity contribution is 7.11. The van der Waals surface area contributed by atoms with E-state index in [4.69, 9.17) is 0 Å². The molecule has 1 fully saturated rings. The van der Waals surface area contributed by atoms with Gasteiger partial charge in [-0.25, -0.2) is 4.98 Å². The van der Waals surface area contributed by atoms with Gasteiger partial charge in [-0.05, 0) is 39.2 Å². The zero-order valence-corrected chi connectivity index (χ0v) is 16.4. The standard InChI is InChI=1S/C14H24N2S.2C2H6/c1-9(2)13-8-15-14(17-13)7-12-6-10(3)16(5)11(12)4;2*1-2/h8-12H,6-7H2,1-5H3;2*1-2H3/t10?,11-,12?;;/m1../s1. The molecule has 0 bridgehead atoms. The van der Waals surface area contributed by atoms with Crippen molar-refractivity contribution in [3.63, 3.8) is 0 Å². The fourth-order valence-electron chi connectivity index (χ4n) is 2.70. The lowest BCUT2D eigenvalue weighted by Gasteiger charge is -2.21. The van der Waals surface area contributed by atoms with Gasteiger partial charge in [-0.2, -0.15) is 0 Å². The van der Waals surface area contributed by atoms with E-state index in [1.165, 1.54) is 16.3 Å². The molecule has 1 saturated heterocycles. The van der Waals surface area contributed by atoms with Gasteiger partial charge in [0, 0.05) is 29.6 Å². The molecule has 0 amide bonds. The Morgan fingerprint density at radius 1 is 1.24 bits per heavy atom. The molecule has 124 valence electrons. The summed E-state index contributed by atoms with van der Waals surface area (Å²) in [4.78, 5) is 8.51. The molecule has 0 aromatic carbocycles. The molecule has 3 atom stereocenters. The van der Waals surface area contributed by atoms with Crippen molar-refractivity contribution >= 4 is 11.3 Å². The molecule has 0 saturated carbocycles. The van der Waals surface area contributed by atoms with Crippen molar-refractivity contribution in [3.05, 3.63) is 16.1 Å². The molecule has 2 nitrogen and oxygen atoms in total. The predicted molar refractivity (Wildman–Crippen MR) is 97.4 cm³/mol. The Hall–Kier alpha value is -0.410. The lowest BCUT2D eigenvalue weighted by Crippen LogP contribution is -2.30. The van der Waals surface area contributed by atoms with Gasteiger partial charge < -0.3 is 4.90 Å². The van der Waals surface area contributed by atoms with Crippen LogP contribution < -0.4 is 0 Å². The molecule has 2 rings (SSSR count). The first-order chi connectivity index (χ1) is 9.99. The lowest BCUT2D eigenvalue weighted by molar-refractivity contribution is 0.249. The molecule has 0 spiro atoms. The minimum absolute atomic E-state index is 0.615. The second-order valence-corrected chi connectivity index (χ2v) is 6.91. The van der Waals surface area contributed by atoms with Gasteiger partial charge >= 0.3 is 0 Å². The van der Waals surface area contributed by atoms with Crippen molar-refractivity contribution in [2.75, 3.05) is 7.05 Å². The summed E-state index contributed by atoms with van der Waals surface area (Å²) in [6.45, 7) is 17.2. The largest absolute Gasteiger partial charge is 0.301 e. The summed E-state index contributed by atoms with van der Waals surface area (Å²) in [6, 6.07) is 1.41. The molecule has 0 aliphatic carbocycles. The number of likely N-dealkylation sites (tertiary alicyclic amines) is 1. The maximum absolute atomic E-state index is 4.59. The lowest BCUT2D eigenvalue weighted by atomic mass is 9.97. The third kappa shape index (κ3) is 5.71.